The van der Waals surface area contributed by atoms with Crippen LogP contribution in [-0.4, -0.2) is 12.5 Å². The summed E-state index contributed by atoms with van der Waals surface area (Å²) in [6.07, 6.45) is 0.378. The fourth-order valence-electron chi connectivity index (χ4n) is 3.01. The van der Waals surface area contributed by atoms with Crippen LogP contribution in [0.15, 0.2) is 66.7 Å². The normalized spacial score (nSPS) is 11.9. The van der Waals surface area contributed by atoms with E-state index >= 15 is 0 Å². The minimum atomic E-state index is -0.0434. The van der Waals surface area contributed by atoms with E-state index in [1.165, 1.54) is 0 Å². The van der Waals surface area contributed by atoms with Gasteiger partial charge >= 0.3 is 0 Å². The first-order valence-electron chi connectivity index (χ1n) is 8.66. The Morgan fingerprint density at radius 1 is 1.00 bits per heavy atom. The Balaban J connectivity index is 1.67. The second-order valence-corrected chi connectivity index (χ2v) is 6.11. The smallest absolute Gasteiger partial charge is 0.224 e. The molecule has 0 heterocycles. The Labute approximate surface area is 148 Å². The molecule has 0 bridgehead atoms. The lowest BCUT2D eigenvalue weighted by atomic mass is 10.0. The fourth-order valence-corrected chi connectivity index (χ4v) is 3.01. The molecule has 3 aromatic rings. The highest BCUT2D eigenvalue weighted by Gasteiger charge is 2.11. The van der Waals surface area contributed by atoms with E-state index in [9.17, 15) is 4.79 Å². The molecule has 0 aliphatic carbocycles. The van der Waals surface area contributed by atoms with Gasteiger partial charge in [-0.05, 0) is 47.9 Å². The molecule has 0 radical (unpaired) electrons. The largest absolute Gasteiger partial charge is 0.494 e. The zero-order valence-corrected chi connectivity index (χ0v) is 14.7. The number of hydrogen-bond donors (Lipinski definition) is 1. The van der Waals surface area contributed by atoms with Crippen LogP contribution in [0.1, 0.15) is 31.0 Å². The van der Waals surface area contributed by atoms with Crippen LogP contribution in [0.5, 0.6) is 5.75 Å². The van der Waals surface area contributed by atoms with E-state index in [4.69, 9.17) is 4.74 Å². The molecule has 1 N–H and O–H groups in total. The van der Waals surface area contributed by atoms with E-state index in [-0.39, 0.29) is 11.9 Å². The average Bonchev–Trinajstić information content (AvgIpc) is 2.63. The molecule has 3 nitrogen and oxygen atoms in total. The number of rotatable bonds is 6. The van der Waals surface area contributed by atoms with Crippen molar-refractivity contribution in [2.75, 3.05) is 6.61 Å². The quantitative estimate of drug-likeness (QED) is 0.712. The van der Waals surface area contributed by atoms with Gasteiger partial charge in [-0.15, -0.1) is 0 Å². The van der Waals surface area contributed by atoms with Gasteiger partial charge in [0.1, 0.15) is 5.75 Å². The van der Waals surface area contributed by atoms with Gasteiger partial charge in [0.2, 0.25) is 5.91 Å². The number of ether oxygens (including phenoxy) is 1. The van der Waals surface area contributed by atoms with Crippen LogP contribution < -0.4 is 10.1 Å². The summed E-state index contributed by atoms with van der Waals surface area (Å²) in [4.78, 5) is 12.5. The fraction of sp³-hybridized carbons (Fsp3) is 0.227. The van der Waals surface area contributed by atoms with E-state index in [1.54, 1.807) is 0 Å². The van der Waals surface area contributed by atoms with Crippen LogP contribution >= 0.6 is 0 Å². The van der Waals surface area contributed by atoms with Crippen molar-refractivity contribution in [3.63, 3.8) is 0 Å². The second-order valence-electron chi connectivity index (χ2n) is 6.11. The number of amides is 1. The molecule has 0 fully saturated rings. The summed E-state index contributed by atoms with van der Waals surface area (Å²) in [6.45, 7) is 4.61. The third kappa shape index (κ3) is 4.18. The maximum absolute atomic E-state index is 12.5. The van der Waals surface area contributed by atoms with E-state index in [2.05, 4.69) is 23.5 Å². The molecule has 1 unspecified atom stereocenters. The summed E-state index contributed by atoms with van der Waals surface area (Å²) >= 11 is 0. The lowest BCUT2D eigenvalue weighted by Crippen LogP contribution is -2.28. The van der Waals surface area contributed by atoms with Gasteiger partial charge in [-0.1, -0.05) is 54.6 Å². The number of benzene rings is 3. The third-order valence-electron chi connectivity index (χ3n) is 4.30. The number of carbonyl (C=O) groups is 1. The molecular formula is C22H23NO2. The van der Waals surface area contributed by atoms with Gasteiger partial charge in [-0.2, -0.15) is 0 Å². The van der Waals surface area contributed by atoms with Gasteiger partial charge < -0.3 is 10.1 Å². The predicted octanol–water partition coefficient (Wildman–Crippen LogP) is 4.66. The second kappa shape index (κ2) is 7.84. The van der Waals surface area contributed by atoms with Crippen LogP contribution in [0.3, 0.4) is 0 Å². The van der Waals surface area contributed by atoms with Gasteiger partial charge in [0.25, 0.3) is 0 Å². The molecule has 0 saturated heterocycles. The Kier molecular flexibility index (Phi) is 5.34. The number of nitrogens with one attached hydrogen (secondary N) is 1. The molecule has 1 amide bonds. The van der Waals surface area contributed by atoms with E-state index < -0.39 is 0 Å². The average molecular weight is 333 g/mol. The zero-order chi connectivity index (χ0) is 17.6. The maximum atomic E-state index is 12.5. The van der Waals surface area contributed by atoms with Gasteiger partial charge in [-0.25, -0.2) is 0 Å². The first-order chi connectivity index (χ1) is 12.2. The Hall–Kier alpha value is -2.81. The van der Waals surface area contributed by atoms with Crippen molar-refractivity contribution in [1.29, 1.82) is 0 Å². The Bertz CT molecular complexity index is 850. The van der Waals surface area contributed by atoms with Crippen molar-refractivity contribution >= 4 is 16.7 Å². The van der Waals surface area contributed by atoms with Gasteiger partial charge in [0, 0.05) is 0 Å². The van der Waals surface area contributed by atoms with Crippen molar-refractivity contribution in [1.82, 2.24) is 5.32 Å². The summed E-state index contributed by atoms with van der Waals surface area (Å²) < 4.78 is 5.45. The summed E-state index contributed by atoms with van der Waals surface area (Å²) in [5.41, 5.74) is 2.12. The number of carbonyl (C=O) groups excluding carboxylic acids is 1. The number of fused-ring (bicyclic) bond motifs is 1. The summed E-state index contributed by atoms with van der Waals surface area (Å²) in [6, 6.07) is 22.1. The van der Waals surface area contributed by atoms with Crippen molar-refractivity contribution in [2.45, 2.75) is 26.3 Å². The summed E-state index contributed by atoms with van der Waals surface area (Å²) in [5, 5.41) is 5.37. The zero-order valence-electron chi connectivity index (χ0n) is 14.7. The van der Waals surface area contributed by atoms with Gasteiger partial charge in [0.05, 0.1) is 19.1 Å². The topological polar surface area (TPSA) is 38.3 Å². The lowest BCUT2D eigenvalue weighted by Gasteiger charge is -2.15. The molecule has 0 spiro atoms. The SMILES string of the molecule is CCOc1ccc(C(C)NC(=O)Cc2cccc3ccccc23)cc1. The van der Waals surface area contributed by atoms with Crippen molar-refractivity contribution in [3.05, 3.63) is 77.9 Å². The standard InChI is InChI=1S/C22H23NO2/c1-3-25-20-13-11-17(12-14-20)16(2)23-22(24)15-19-9-6-8-18-7-4-5-10-21(18)19/h4-14,16H,3,15H2,1-2H3,(H,23,24). The van der Waals surface area contributed by atoms with Crippen LogP contribution in [0.25, 0.3) is 10.8 Å². The molecule has 25 heavy (non-hydrogen) atoms. The first kappa shape index (κ1) is 17.0. The maximum Gasteiger partial charge on any atom is 0.224 e. The molecule has 3 heteroatoms. The molecule has 0 aromatic heterocycles. The Morgan fingerprint density at radius 3 is 2.48 bits per heavy atom. The van der Waals surface area contributed by atoms with Crippen LogP contribution in [0.2, 0.25) is 0 Å². The highest BCUT2D eigenvalue weighted by atomic mass is 16.5. The molecule has 0 aliphatic rings. The van der Waals surface area contributed by atoms with E-state index in [0.717, 1.165) is 27.6 Å². The number of hydrogen-bond acceptors (Lipinski definition) is 2. The molecule has 3 aromatic carbocycles. The highest BCUT2D eigenvalue weighted by Crippen LogP contribution is 2.20. The highest BCUT2D eigenvalue weighted by molar-refractivity contribution is 5.90. The molecule has 128 valence electrons. The molecular weight excluding hydrogens is 310 g/mol. The predicted molar refractivity (Wildman–Crippen MR) is 102 cm³/mol. The minimum absolute atomic E-state index is 0.0257. The van der Waals surface area contributed by atoms with Gasteiger partial charge in [0.15, 0.2) is 0 Å². The van der Waals surface area contributed by atoms with Crippen LogP contribution in [-0.2, 0) is 11.2 Å². The monoisotopic (exact) mass is 333 g/mol. The first-order valence-corrected chi connectivity index (χ1v) is 8.66. The molecule has 1 atom stereocenters. The minimum Gasteiger partial charge on any atom is -0.494 e. The summed E-state index contributed by atoms with van der Waals surface area (Å²) in [5.74, 6) is 0.873. The van der Waals surface area contributed by atoms with Crippen molar-refractivity contribution in [3.8, 4) is 5.75 Å². The summed E-state index contributed by atoms with van der Waals surface area (Å²) in [7, 11) is 0. The van der Waals surface area contributed by atoms with E-state index in [1.807, 2.05) is 62.4 Å². The van der Waals surface area contributed by atoms with E-state index in [0.29, 0.717) is 13.0 Å². The van der Waals surface area contributed by atoms with Crippen LogP contribution in [0, 0.1) is 0 Å². The van der Waals surface area contributed by atoms with Gasteiger partial charge in [-0.3, -0.25) is 4.79 Å². The third-order valence-corrected chi connectivity index (χ3v) is 4.30. The molecule has 0 aliphatic heterocycles. The lowest BCUT2D eigenvalue weighted by molar-refractivity contribution is -0.121. The molecule has 3 rings (SSSR count). The Morgan fingerprint density at radius 2 is 1.72 bits per heavy atom. The van der Waals surface area contributed by atoms with Crippen molar-refractivity contribution < 1.29 is 9.53 Å². The molecule has 0 saturated carbocycles. The van der Waals surface area contributed by atoms with Crippen molar-refractivity contribution in [2.24, 2.45) is 0 Å². The van der Waals surface area contributed by atoms with Crippen LogP contribution in [0.4, 0.5) is 0 Å².